The number of likely N-dealkylation sites (tertiary alicyclic amines) is 1. The molecule has 3 rings (SSSR count). The van der Waals surface area contributed by atoms with Gasteiger partial charge in [-0.05, 0) is 42.9 Å². The highest BCUT2D eigenvalue weighted by Gasteiger charge is 2.25. The van der Waals surface area contributed by atoms with Crippen LogP contribution in [0.5, 0.6) is 0 Å². The van der Waals surface area contributed by atoms with Gasteiger partial charge in [-0.2, -0.15) is 0 Å². The molecule has 1 aromatic heterocycles. The van der Waals surface area contributed by atoms with Crippen molar-refractivity contribution in [3.05, 3.63) is 53.7 Å². The Morgan fingerprint density at radius 3 is 2.80 bits per heavy atom. The Morgan fingerprint density at radius 1 is 1.28 bits per heavy atom. The molecular formula is C19H23FN4O. The van der Waals surface area contributed by atoms with Crippen molar-refractivity contribution in [3.63, 3.8) is 0 Å². The molecule has 0 saturated carbocycles. The lowest BCUT2D eigenvalue weighted by Crippen LogP contribution is -2.41. The minimum Gasteiger partial charge on any atom is -0.372 e. The van der Waals surface area contributed by atoms with E-state index in [0.29, 0.717) is 12.3 Å². The summed E-state index contributed by atoms with van der Waals surface area (Å²) in [5.74, 6) is 1.01. The monoisotopic (exact) mass is 342 g/mol. The fourth-order valence-corrected chi connectivity index (χ4v) is 3.35. The molecule has 1 amide bonds. The van der Waals surface area contributed by atoms with Crippen molar-refractivity contribution in [2.24, 2.45) is 5.92 Å². The molecule has 1 saturated heterocycles. The third-order valence-corrected chi connectivity index (χ3v) is 4.63. The van der Waals surface area contributed by atoms with Gasteiger partial charge in [0.15, 0.2) is 0 Å². The molecule has 2 heterocycles. The summed E-state index contributed by atoms with van der Waals surface area (Å²) in [6.07, 6.45) is 6.59. The number of hydrogen-bond donors (Lipinski definition) is 1. The molecule has 0 aliphatic carbocycles. The van der Waals surface area contributed by atoms with Crippen molar-refractivity contribution in [3.8, 4) is 0 Å². The van der Waals surface area contributed by atoms with Gasteiger partial charge in [-0.1, -0.05) is 12.1 Å². The van der Waals surface area contributed by atoms with Crippen LogP contribution in [-0.4, -0.2) is 40.9 Å². The topological polar surface area (TPSA) is 58.1 Å². The van der Waals surface area contributed by atoms with Gasteiger partial charge < -0.3 is 10.2 Å². The van der Waals surface area contributed by atoms with Crippen LogP contribution < -0.4 is 5.32 Å². The maximum atomic E-state index is 13.0. The molecule has 132 valence electrons. The summed E-state index contributed by atoms with van der Waals surface area (Å²) in [4.78, 5) is 23.2. The predicted octanol–water partition coefficient (Wildman–Crippen LogP) is 2.68. The number of carbonyl (C=O) groups excluding carboxylic acids is 1. The Hall–Kier alpha value is -2.50. The molecule has 0 unspecified atom stereocenters. The fraction of sp³-hybridized carbons (Fsp3) is 0.421. The molecule has 1 N–H and O–H groups in total. The van der Waals surface area contributed by atoms with E-state index in [1.165, 1.54) is 12.1 Å². The van der Waals surface area contributed by atoms with Crippen molar-refractivity contribution in [1.82, 2.24) is 14.9 Å². The predicted molar refractivity (Wildman–Crippen MR) is 94.7 cm³/mol. The van der Waals surface area contributed by atoms with Crippen LogP contribution in [0.3, 0.4) is 0 Å². The van der Waals surface area contributed by atoms with Crippen LogP contribution in [0.1, 0.15) is 24.1 Å². The van der Waals surface area contributed by atoms with E-state index < -0.39 is 0 Å². The number of piperidine rings is 1. The van der Waals surface area contributed by atoms with Gasteiger partial charge in [0.25, 0.3) is 0 Å². The molecule has 1 aromatic carbocycles. The number of nitrogens with one attached hydrogen (secondary N) is 1. The summed E-state index contributed by atoms with van der Waals surface area (Å²) < 4.78 is 13.0. The van der Waals surface area contributed by atoms with E-state index in [9.17, 15) is 9.18 Å². The number of carbonyl (C=O) groups is 1. The Morgan fingerprint density at radius 2 is 2.04 bits per heavy atom. The molecule has 0 radical (unpaired) electrons. The summed E-state index contributed by atoms with van der Waals surface area (Å²) in [5.41, 5.74) is 1.79. The molecule has 0 bridgehead atoms. The van der Waals surface area contributed by atoms with Crippen LogP contribution in [-0.2, 0) is 17.6 Å². The second kappa shape index (κ2) is 8.05. The number of halogens is 1. The van der Waals surface area contributed by atoms with Crippen molar-refractivity contribution in [2.75, 3.05) is 25.5 Å². The van der Waals surface area contributed by atoms with Crippen molar-refractivity contribution < 1.29 is 9.18 Å². The maximum absolute atomic E-state index is 13.0. The fourth-order valence-electron chi connectivity index (χ4n) is 3.35. The quantitative estimate of drug-likeness (QED) is 0.908. The summed E-state index contributed by atoms with van der Waals surface area (Å²) in [6.45, 7) is 1.52. The van der Waals surface area contributed by atoms with Gasteiger partial charge >= 0.3 is 0 Å². The lowest BCUT2D eigenvalue weighted by Gasteiger charge is -2.33. The van der Waals surface area contributed by atoms with Crippen LogP contribution in [0.25, 0.3) is 0 Å². The first-order valence-corrected chi connectivity index (χ1v) is 8.65. The molecule has 1 aliphatic rings. The Balaban J connectivity index is 1.60. The van der Waals surface area contributed by atoms with Crippen LogP contribution >= 0.6 is 0 Å². The first kappa shape index (κ1) is 17.3. The minimum atomic E-state index is -0.279. The average molecular weight is 342 g/mol. The smallest absolute Gasteiger partial charge is 0.226 e. The van der Waals surface area contributed by atoms with Crippen LogP contribution in [0.15, 0.2) is 36.7 Å². The number of benzene rings is 1. The van der Waals surface area contributed by atoms with E-state index >= 15 is 0 Å². The highest BCUT2D eigenvalue weighted by Crippen LogP contribution is 2.23. The zero-order chi connectivity index (χ0) is 17.6. The van der Waals surface area contributed by atoms with Gasteiger partial charge in [0, 0.05) is 32.5 Å². The molecular weight excluding hydrogens is 319 g/mol. The zero-order valence-electron chi connectivity index (χ0n) is 14.4. The molecule has 1 fully saturated rings. The standard InChI is InChI=1S/C19H23FN4O/c1-21-19-17(22-8-9-23-19)11-15-3-2-10-24(13-15)18(25)12-14-4-6-16(20)7-5-14/h4-9,15H,2-3,10-13H2,1H3,(H,21,23)/t15-/m1/s1. The average Bonchev–Trinajstić information content (AvgIpc) is 2.64. The Kier molecular flexibility index (Phi) is 5.58. The summed E-state index contributed by atoms with van der Waals surface area (Å²) >= 11 is 0. The first-order chi connectivity index (χ1) is 12.2. The number of amides is 1. The minimum absolute atomic E-state index is 0.101. The molecule has 1 aliphatic heterocycles. The SMILES string of the molecule is CNc1nccnc1C[C@H]1CCCN(C(=O)Cc2ccc(F)cc2)C1. The third kappa shape index (κ3) is 4.53. The largest absolute Gasteiger partial charge is 0.372 e. The maximum Gasteiger partial charge on any atom is 0.226 e. The van der Waals surface area contributed by atoms with Gasteiger partial charge in [-0.25, -0.2) is 9.37 Å². The summed E-state index contributed by atoms with van der Waals surface area (Å²) in [5, 5.41) is 3.07. The second-order valence-electron chi connectivity index (χ2n) is 6.46. The first-order valence-electron chi connectivity index (χ1n) is 8.65. The van der Waals surface area contributed by atoms with E-state index in [-0.39, 0.29) is 11.7 Å². The van der Waals surface area contributed by atoms with Gasteiger partial charge in [-0.15, -0.1) is 0 Å². The Bertz CT molecular complexity index is 720. The molecule has 2 aromatic rings. The highest BCUT2D eigenvalue weighted by molar-refractivity contribution is 5.78. The van der Waals surface area contributed by atoms with Gasteiger partial charge in [-0.3, -0.25) is 9.78 Å². The zero-order valence-corrected chi connectivity index (χ0v) is 14.4. The highest BCUT2D eigenvalue weighted by atomic mass is 19.1. The number of aromatic nitrogens is 2. The molecule has 6 heteroatoms. The molecule has 0 spiro atoms. The van der Waals surface area contributed by atoms with Crippen molar-refractivity contribution in [2.45, 2.75) is 25.7 Å². The van der Waals surface area contributed by atoms with E-state index in [1.54, 1.807) is 24.5 Å². The van der Waals surface area contributed by atoms with E-state index in [4.69, 9.17) is 0 Å². The second-order valence-corrected chi connectivity index (χ2v) is 6.46. The van der Waals surface area contributed by atoms with Crippen LogP contribution in [0.4, 0.5) is 10.2 Å². The number of hydrogen-bond acceptors (Lipinski definition) is 4. The number of rotatable bonds is 5. The third-order valence-electron chi connectivity index (χ3n) is 4.63. The van der Waals surface area contributed by atoms with Crippen molar-refractivity contribution >= 4 is 11.7 Å². The Labute approximate surface area is 147 Å². The lowest BCUT2D eigenvalue weighted by atomic mass is 9.92. The lowest BCUT2D eigenvalue weighted by molar-refractivity contribution is -0.132. The van der Waals surface area contributed by atoms with Gasteiger partial charge in [0.1, 0.15) is 11.6 Å². The van der Waals surface area contributed by atoms with Gasteiger partial charge in [0.05, 0.1) is 12.1 Å². The number of nitrogens with zero attached hydrogens (tertiary/aromatic N) is 3. The van der Waals surface area contributed by atoms with Crippen LogP contribution in [0.2, 0.25) is 0 Å². The molecule has 1 atom stereocenters. The summed E-state index contributed by atoms with van der Waals surface area (Å²) in [6, 6.07) is 6.14. The van der Waals surface area contributed by atoms with Gasteiger partial charge in [0.2, 0.25) is 5.91 Å². The summed E-state index contributed by atoms with van der Waals surface area (Å²) in [7, 11) is 1.84. The van der Waals surface area contributed by atoms with Crippen LogP contribution in [0, 0.1) is 11.7 Å². The molecule has 5 nitrogen and oxygen atoms in total. The van der Waals surface area contributed by atoms with E-state index in [0.717, 1.165) is 49.4 Å². The van der Waals surface area contributed by atoms with E-state index in [2.05, 4.69) is 15.3 Å². The molecule has 25 heavy (non-hydrogen) atoms. The number of anilines is 1. The van der Waals surface area contributed by atoms with E-state index in [1.807, 2.05) is 11.9 Å². The normalized spacial score (nSPS) is 17.4. The van der Waals surface area contributed by atoms with Crippen molar-refractivity contribution in [1.29, 1.82) is 0 Å².